The molecule has 1 aliphatic rings. The maximum atomic E-state index is 14.8. The number of esters is 1. The number of nitrogens with one attached hydrogen (secondary N) is 3. The van der Waals surface area contributed by atoms with Crippen LogP contribution in [0.25, 0.3) is 0 Å². The van der Waals surface area contributed by atoms with Crippen molar-refractivity contribution in [1.82, 2.24) is 20.9 Å². The summed E-state index contributed by atoms with van der Waals surface area (Å²) in [6.07, 6.45) is 1.90. The van der Waals surface area contributed by atoms with E-state index < -0.39 is 102 Å². The Labute approximate surface area is 521 Å². The molecule has 0 radical (unpaired) electrons. The number of hydrogen-bond donors (Lipinski definition) is 11. The van der Waals surface area contributed by atoms with Crippen LogP contribution in [0.3, 0.4) is 0 Å². The van der Waals surface area contributed by atoms with Gasteiger partial charge < -0.3 is 76.2 Å². The highest BCUT2D eigenvalue weighted by Gasteiger charge is 2.39. The minimum Gasteiger partial charge on any atom is -0.461 e. The van der Waals surface area contributed by atoms with E-state index in [-0.39, 0.29) is 153 Å². The molecule has 1 heterocycles. The number of unbranched alkanes of at least 4 members (excludes halogenated alkanes) is 1. The van der Waals surface area contributed by atoms with Gasteiger partial charge in [0.05, 0.1) is 30.8 Å². The Bertz CT molecular complexity index is 2670. The minimum atomic E-state index is -1.37. The number of ketones is 4. The second-order valence-corrected chi connectivity index (χ2v) is 22.3. The van der Waals surface area contributed by atoms with Crippen molar-refractivity contribution in [1.29, 1.82) is 0 Å². The Morgan fingerprint density at radius 1 is 0.562 bits per heavy atom. The lowest BCUT2D eigenvalue weighted by molar-refractivity contribution is -0.145. The Kier molecular flexibility index (Phi) is 35.8. The predicted octanol–water partition coefficient (Wildman–Crippen LogP) is 0.865. The third-order valence-corrected chi connectivity index (χ3v) is 15.1. The van der Waals surface area contributed by atoms with Crippen molar-refractivity contribution in [3.05, 3.63) is 71.8 Å². The van der Waals surface area contributed by atoms with Gasteiger partial charge in [-0.15, -0.1) is 0 Å². The van der Waals surface area contributed by atoms with E-state index in [2.05, 4.69) is 30.9 Å². The molecule has 27 nitrogen and oxygen atoms in total. The normalized spacial score (nSPS) is 14.7. The van der Waals surface area contributed by atoms with Crippen molar-refractivity contribution in [2.24, 2.45) is 78.6 Å². The number of guanidine groups is 3. The summed E-state index contributed by atoms with van der Waals surface area (Å²) >= 11 is 0. The number of nitrogens with two attached hydrogens (primary N) is 8. The van der Waals surface area contributed by atoms with Gasteiger partial charge in [-0.3, -0.25) is 62.9 Å². The third-order valence-electron chi connectivity index (χ3n) is 15.1. The smallest absolute Gasteiger partial charge is 0.306 e. The first-order chi connectivity index (χ1) is 42.6. The minimum absolute atomic E-state index is 0.00596. The molecule has 89 heavy (non-hydrogen) atoms. The zero-order chi connectivity index (χ0) is 65.5. The average Bonchev–Trinajstić information content (AvgIpc) is 4.16. The maximum absolute atomic E-state index is 14.8. The quantitative estimate of drug-likeness (QED) is 0.0189. The number of aliphatic imine (C=N–C) groups is 3. The summed E-state index contributed by atoms with van der Waals surface area (Å²) in [6.45, 7) is 2.96. The molecule has 0 spiro atoms. The van der Waals surface area contributed by atoms with Crippen molar-refractivity contribution in [2.75, 3.05) is 45.9 Å². The highest BCUT2D eigenvalue weighted by molar-refractivity contribution is 5.98. The SMILES string of the molecule is CCC(=O)[C@@H]1CCCN1C(=O)C(CCCN=C(N)N)CC(=O)[C@H](CCC(N)=O)NC(=O)C(CCCN=C(N)N)CC(=O)[C@H](CCCN=C(N)N)NC(=O)C(CC(=O)[C@H](CCCCN)NC(=O)CCOCCCC(=O)OCc1ccccc1)Cc1ccccc1. The molecular weight excluding hydrogens is 1150 g/mol. The summed E-state index contributed by atoms with van der Waals surface area (Å²) in [7, 11) is 0. The number of carbonyl (C=O) groups excluding carboxylic acids is 10. The Balaban J connectivity index is 1.90. The molecule has 1 fully saturated rings. The molecule has 3 unspecified atom stereocenters. The molecule has 2 aromatic rings. The summed E-state index contributed by atoms with van der Waals surface area (Å²) < 4.78 is 11.0. The third kappa shape index (κ3) is 30.9. The first-order valence-corrected chi connectivity index (χ1v) is 30.9. The molecule has 492 valence electrons. The first kappa shape index (κ1) is 74.9. The molecule has 0 aromatic heterocycles. The second-order valence-electron chi connectivity index (χ2n) is 22.3. The summed E-state index contributed by atoms with van der Waals surface area (Å²) in [5.41, 5.74) is 46.5. The van der Waals surface area contributed by atoms with Crippen LogP contribution < -0.4 is 61.8 Å². The fraction of sp³-hybridized carbons (Fsp3) is 0.597. The van der Waals surface area contributed by atoms with Crippen LogP contribution in [0.1, 0.15) is 146 Å². The summed E-state index contributed by atoms with van der Waals surface area (Å²) in [4.78, 5) is 152. The number of Topliss-reactive ketones (excluding diaryl/α,β-unsaturated/α-hetero) is 4. The molecule has 2 aromatic carbocycles. The van der Waals surface area contributed by atoms with Gasteiger partial charge in [-0.05, 0) is 108 Å². The maximum Gasteiger partial charge on any atom is 0.306 e. The standard InChI is InChI=1S/C62H97N15O12/c1-2-50(78)49-24-14-33-77(49)59(87)44(21-12-31-72-61(67)68)38-52(80)48(26-27-54(64)82)76-57(85)43(20-11-30-71-60(65)66)37-51(79)47(23-13-32-73-62(69)70)75-58(86)45(36-41-16-5-3-6-17-41)39-53(81)46(22-9-10-29-63)74-55(83)28-35-88-34-15-25-56(84)89-40-42-18-7-4-8-19-42/h3-8,16-19,43-49H,2,9-15,20-40,63H2,1H3,(H2,64,82)(H,74,83)(H,75,86)(H,76,85)(H4,65,66,71)(H4,67,68,72)(H4,69,70,73)/t43?,44?,45?,46-,47-,48-,49-/m0/s1. The van der Waals surface area contributed by atoms with Crippen molar-refractivity contribution in [3.8, 4) is 0 Å². The highest BCUT2D eigenvalue weighted by Crippen LogP contribution is 2.27. The van der Waals surface area contributed by atoms with E-state index in [1.54, 1.807) is 37.3 Å². The molecule has 5 amide bonds. The van der Waals surface area contributed by atoms with Crippen molar-refractivity contribution >= 4 is 76.5 Å². The van der Waals surface area contributed by atoms with Gasteiger partial charge in [0.25, 0.3) is 0 Å². The topological polar surface area (TPSA) is 474 Å². The van der Waals surface area contributed by atoms with Crippen LogP contribution in [0.4, 0.5) is 0 Å². The number of likely N-dealkylation sites (tertiary alicyclic amines) is 1. The fourth-order valence-electron chi connectivity index (χ4n) is 10.3. The molecule has 7 atom stereocenters. The summed E-state index contributed by atoms with van der Waals surface area (Å²) in [5, 5.41) is 8.44. The van der Waals surface area contributed by atoms with Gasteiger partial charge in [-0.25, -0.2) is 0 Å². The van der Waals surface area contributed by atoms with Gasteiger partial charge in [0.15, 0.2) is 41.0 Å². The van der Waals surface area contributed by atoms with Gasteiger partial charge in [0, 0.05) is 95.5 Å². The van der Waals surface area contributed by atoms with E-state index >= 15 is 0 Å². The van der Waals surface area contributed by atoms with Gasteiger partial charge in [0.1, 0.15) is 6.61 Å². The Morgan fingerprint density at radius 3 is 1.63 bits per heavy atom. The van der Waals surface area contributed by atoms with Gasteiger partial charge >= 0.3 is 5.97 Å². The molecule has 0 saturated carbocycles. The number of amides is 5. The van der Waals surface area contributed by atoms with Crippen LogP contribution >= 0.6 is 0 Å². The van der Waals surface area contributed by atoms with Crippen LogP contribution in [0, 0.1) is 17.8 Å². The molecular formula is C62H97N15O12. The lowest BCUT2D eigenvalue weighted by Crippen LogP contribution is -2.49. The van der Waals surface area contributed by atoms with Crippen LogP contribution in [0.15, 0.2) is 75.6 Å². The van der Waals surface area contributed by atoms with E-state index in [1.807, 2.05) is 30.3 Å². The Hall–Kier alpha value is -8.33. The number of hydrogen-bond acceptors (Lipinski definition) is 16. The largest absolute Gasteiger partial charge is 0.461 e. The molecule has 3 rings (SSSR count). The van der Waals surface area contributed by atoms with Crippen molar-refractivity contribution in [2.45, 2.75) is 173 Å². The zero-order valence-corrected chi connectivity index (χ0v) is 51.6. The lowest BCUT2D eigenvalue weighted by Gasteiger charge is -2.29. The van der Waals surface area contributed by atoms with Crippen LogP contribution in [0.2, 0.25) is 0 Å². The first-order valence-electron chi connectivity index (χ1n) is 30.9. The molecule has 1 aliphatic heterocycles. The number of benzene rings is 2. The lowest BCUT2D eigenvalue weighted by atomic mass is 9.88. The Morgan fingerprint density at radius 2 is 1.07 bits per heavy atom. The number of nitrogens with zero attached hydrogens (tertiary/aromatic N) is 4. The molecule has 27 heteroatoms. The number of ether oxygens (including phenoxy) is 2. The average molecular weight is 1240 g/mol. The van der Waals surface area contributed by atoms with Gasteiger partial charge in [0.2, 0.25) is 29.5 Å². The van der Waals surface area contributed by atoms with E-state index in [0.717, 1.165) is 5.56 Å². The van der Waals surface area contributed by atoms with E-state index in [0.29, 0.717) is 57.2 Å². The van der Waals surface area contributed by atoms with E-state index in [4.69, 9.17) is 55.3 Å². The van der Waals surface area contributed by atoms with Crippen LogP contribution in [-0.2, 0) is 70.4 Å². The molecule has 1 saturated heterocycles. The summed E-state index contributed by atoms with van der Waals surface area (Å²) in [5.74, 6) is -9.04. The second kappa shape index (κ2) is 42.5. The molecule has 0 aliphatic carbocycles. The number of primary amides is 1. The fourth-order valence-corrected chi connectivity index (χ4v) is 10.3. The van der Waals surface area contributed by atoms with E-state index in [1.165, 1.54) is 4.90 Å². The van der Waals surface area contributed by atoms with Gasteiger partial charge in [-0.1, -0.05) is 67.6 Å². The number of rotatable bonds is 47. The van der Waals surface area contributed by atoms with Crippen molar-refractivity contribution < 1.29 is 57.4 Å². The van der Waals surface area contributed by atoms with Crippen LogP contribution in [0.5, 0.6) is 0 Å². The predicted molar refractivity (Wildman–Crippen MR) is 337 cm³/mol. The van der Waals surface area contributed by atoms with Crippen molar-refractivity contribution in [3.63, 3.8) is 0 Å². The molecule has 19 N–H and O–H groups in total. The number of carbonyl (C=O) groups is 10. The van der Waals surface area contributed by atoms with Gasteiger partial charge in [-0.2, -0.15) is 0 Å². The monoisotopic (exact) mass is 1240 g/mol. The highest BCUT2D eigenvalue weighted by atomic mass is 16.5. The summed E-state index contributed by atoms with van der Waals surface area (Å²) in [6, 6.07) is 13.9. The molecule has 0 bridgehead atoms. The van der Waals surface area contributed by atoms with E-state index in [9.17, 15) is 47.9 Å². The van der Waals surface area contributed by atoms with Crippen LogP contribution in [-0.4, -0.2) is 152 Å². The zero-order valence-electron chi connectivity index (χ0n) is 51.6.